The maximum absolute atomic E-state index is 7.58. The van der Waals surface area contributed by atoms with Crippen LogP contribution in [0.5, 0.6) is 11.5 Å². The van der Waals surface area contributed by atoms with Crippen molar-refractivity contribution >= 4 is 45.0 Å². The number of ether oxygens (including phenoxy) is 1. The summed E-state index contributed by atoms with van der Waals surface area (Å²) in [7, 11) is 0. The van der Waals surface area contributed by atoms with E-state index in [1.54, 1.807) is 36.4 Å². The van der Waals surface area contributed by atoms with Crippen molar-refractivity contribution in [1.29, 1.82) is 5.41 Å². The Labute approximate surface area is 128 Å². The Bertz CT molecular complexity index is 647. The zero-order chi connectivity index (χ0) is 14.0. The van der Waals surface area contributed by atoms with Crippen LogP contribution in [0.4, 0.5) is 0 Å². The van der Waals surface area contributed by atoms with Crippen LogP contribution in [0.3, 0.4) is 0 Å². The smallest absolute Gasteiger partial charge is 0.139 e. The molecule has 2 aromatic carbocycles. The molecule has 3 N–H and O–H groups in total. The average Bonchev–Trinajstić information content (AvgIpc) is 2.33. The topological polar surface area (TPSA) is 59.1 Å². The zero-order valence-corrected chi connectivity index (χ0v) is 12.7. The lowest BCUT2D eigenvalue weighted by molar-refractivity contribution is 0.481. The number of nitrogen functional groups attached to an aromatic ring is 1. The second-order valence-electron chi connectivity index (χ2n) is 3.70. The van der Waals surface area contributed by atoms with Crippen molar-refractivity contribution in [2.75, 3.05) is 0 Å². The lowest BCUT2D eigenvalue weighted by atomic mass is 10.2. The second kappa shape index (κ2) is 5.82. The number of hydrogen-bond donors (Lipinski definition) is 2. The Morgan fingerprint density at radius 2 is 1.89 bits per heavy atom. The van der Waals surface area contributed by atoms with E-state index in [0.717, 1.165) is 0 Å². The zero-order valence-electron chi connectivity index (χ0n) is 9.58. The summed E-state index contributed by atoms with van der Waals surface area (Å²) in [5, 5.41) is 8.44. The molecule has 0 amide bonds. The van der Waals surface area contributed by atoms with Gasteiger partial charge in [-0.25, -0.2) is 0 Å². The lowest BCUT2D eigenvalue weighted by Crippen LogP contribution is -2.13. The summed E-state index contributed by atoms with van der Waals surface area (Å²) < 4.78 is 6.39. The lowest BCUT2D eigenvalue weighted by Gasteiger charge is -2.12. The molecule has 0 aliphatic carbocycles. The summed E-state index contributed by atoms with van der Waals surface area (Å²) in [5.41, 5.74) is 6.04. The summed E-state index contributed by atoms with van der Waals surface area (Å²) >= 11 is 15.1. The molecular weight excluding hydrogens is 351 g/mol. The van der Waals surface area contributed by atoms with Crippen molar-refractivity contribution in [3.8, 4) is 11.5 Å². The minimum atomic E-state index is -0.0810. The molecule has 19 heavy (non-hydrogen) atoms. The summed E-state index contributed by atoms with van der Waals surface area (Å²) in [6.07, 6.45) is 0. The third-order valence-electron chi connectivity index (χ3n) is 2.36. The van der Waals surface area contributed by atoms with Gasteiger partial charge in [-0.3, -0.25) is 5.41 Å². The van der Waals surface area contributed by atoms with Gasteiger partial charge in [-0.2, -0.15) is 0 Å². The van der Waals surface area contributed by atoms with Crippen LogP contribution in [0, 0.1) is 5.41 Å². The van der Waals surface area contributed by atoms with Gasteiger partial charge >= 0.3 is 0 Å². The molecule has 98 valence electrons. The molecule has 0 saturated carbocycles. The number of benzene rings is 2. The van der Waals surface area contributed by atoms with Gasteiger partial charge in [0.1, 0.15) is 17.3 Å². The Kier molecular flexibility index (Phi) is 4.34. The SMILES string of the molecule is N=C(N)c1c(Br)cccc1Oc1ccc(Cl)c(Cl)c1. The van der Waals surface area contributed by atoms with E-state index < -0.39 is 0 Å². The molecule has 0 radical (unpaired) electrons. The molecule has 0 saturated heterocycles. The molecule has 0 fully saturated rings. The third kappa shape index (κ3) is 3.21. The van der Waals surface area contributed by atoms with E-state index in [2.05, 4.69) is 15.9 Å². The quantitative estimate of drug-likeness (QED) is 0.608. The normalized spacial score (nSPS) is 10.3. The Balaban J connectivity index is 2.40. The van der Waals surface area contributed by atoms with Crippen LogP contribution in [0.1, 0.15) is 5.56 Å². The minimum absolute atomic E-state index is 0.0810. The van der Waals surface area contributed by atoms with Crippen LogP contribution in [0.2, 0.25) is 10.0 Å². The fraction of sp³-hybridized carbons (Fsp3) is 0. The molecule has 6 heteroatoms. The maximum Gasteiger partial charge on any atom is 0.139 e. The fourth-order valence-electron chi connectivity index (χ4n) is 1.52. The van der Waals surface area contributed by atoms with E-state index in [0.29, 0.717) is 31.6 Å². The van der Waals surface area contributed by atoms with Gasteiger partial charge in [0.05, 0.1) is 15.6 Å². The van der Waals surface area contributed by atoms with Crippen LogP contribution < -0.4 is 10.5 Å². The summed E-state index contributed by atoms with van der Waals surface area (Å²) in [5.74, 6) is 0.915. The Morgan fingerprint density at radius 1 is 1.16 bits per heavy atom. The van der Waals surface area contributed by atoms with E-state index in [9.17, 15) is 0 Å². The van der Waals surface area contributed by atoms with Crippen molar-refractivity contribution < 1.29 is 4.74 Å². The molecule has 0 spiro atoms. The van der Waals surface area contributed by atoms with Crippen LogP contribution in [0.25, 0.3) is 0 Å². The Morgan fingerprint density at radius 3 is 2.53 bits per heavy atom. The molecule has 0 aliphatic heterocycles. The highest BCUT2D eigenvalue weighted by Gasteiger charge is 2.12. The predicted octanol–water partition coefficient (Wildman–Crippen LogP) is 4.83. The van der Waals surface area contributed by atoms with Gasteiger partial charge in [0, 0.05) is 10.5 Å². The van der Waals surface area contributed by atoms with Gasteiger partial charge in [0.15, 0.2) is 0 Å². The number of amidine groups is 1. The van der Waals surface area contributed by atoms with Gasteiger partial charge < -0.3 is 10.5 Å². The largest absolute Gasteiger partial charge is 0.457 e. The predicted molar refractivity (Wildman–Crippen MR) is 81.7 cm³/mol. The van der Waals surface area contributed by atoms with Crippen molar-refractivity contribution in [3.05, 3.63) is 56.5 Å². The van der Waals surface area contributed by atoms with E-state index in [4.69, 9.17) is 39.1 Å². The van der Waals surface area contributed by atoms with Crippen LogP contribution in [-0.2, 0) is 0 Å². The van der Waals surface area contributed by atoms with Gasteiger partial charge in [0.2, 0.25) is 0 Å². The van der Waals surface area contributed by atoms with E-state index >= 15 is 0 Å². The minimum Gasteiger partial charge on any atom is -0.457 e. The van der Waals surface area contributed by atoms with Gasteiger partial charge in [0.25, 0.3) is 0 Å². The van der Waals surface area contributed by atoms with Crippen molar-refractivity contribution in [2.24, 2.45) is 5.73 Å². The number of rotatable bonds is 3. The summed E-state index contributed by atoms with van der Waals surface area (Å²) in [4.78, 5) is 0. The highest BCUT2D eigenvalue weighted by Crippen LogP contribution is 2.33. The number of halogens is 3. The number of nitrogens with two attached hydrogens (primary N) is 1. The van der Waals surface area contributed by atoms with Crippen LogP contribution in [0.15, 0.2) is 40.9 Å². The van der Waals surface area contributed by atoms with Crippen molar-refractivity contribution in [3.63, 3.8) is 0 Å². The number of nitrogens with one attached hydrogen (secondary N) is 1. The molecule has 0 aromatic heterocycles. The Hall–Kier alpha value is -1.23. The van der Waals surface area contributed by atoms with Crippen molar-refractivity contribution in [1.82, 2.24) is 0 Å². The highest BCUT2D eigenvalue weighted by molar-refractivity contribution is 9.10. The maximum atomic E-state index is 7.58. The van der Waals surface area contributed by atoms with E-state index in [-0.39, 0.29) is 5.84 Å². The molecule has 0 atom stereocenters. The second-order valence-corrected chi connectivity index (χ2v) is 5.37. The molecule has 2 rings (SSSR count). The standard InChI is InChI=1S/C13H9BrCl2N2O/c14-8-2-1-3-11(12(8)13(17)18)19-7-4-5-9(15)10(16)6-7/h1-6H,(H3,17,18). The summed E-state index contributed by atoms with van der Waals surface area (Å²) in [6.45, 7) is 0. The molecule has 0 unspecified atom stereocenters. The highest BCUT2D eigenvalue weighted by atomic mass is 79.9. The van der Waals surface area contributed by atoms with Crippen LogP contribution in [-0.4, -0.2) is 5.84 Å². The van der Waals surface area contributed by atoms with E-state index in [1.165, 1.54) is 0 Å². The monoisotopic (exact) mass is 358 g/mol. The molecule has 0 heterocycles. The first-order chi connectivity index (χ1) is 8.99. The molecule has 0 aliphatic rings. The molecule has 3 nitrogen and oxygen atoms in total. The molecule has 2 aromatic rings. The molecule has 0 bridgehead atoms. The first-order valence-electron chi connectivity index (χ1n) is 5.25. The molecular formula is C13H9BrCl2N2O. The van der Waals surface area contributed by atoms with Crippen LogP contribution >= 0.6 is 39.1 Å². The van der Waals surface area contributed by atoms with Gasteiger partial charge in [-0.1, -0.05) is 29.3 Å². The fourth-order valence-corrected chi connectivity index (χ4v) is 2.37. The number of hydrogen-bond acceptors (Lipinski definition) is 2. The third-order valence-corrected chi connectivity index (χ3v) is 3.76. The first-order valence-corrected chi connectivity index (χ1v) is 6.79. The van der Waals surface area contributed by atoms with Gasteiger partial charge in [-0.05, 0) is 40.2 Å². The van der Waals surface area contributed by atoms with E-state index in [1.807, 2.05) is 0 Å². The summed E-state index contributed by atoms with van der Waals surface area (Å²) in [6, 6.07) is 10.3. The first kappa shape index (κ1) is 14.2. The van der Waals surface area contributed by atoms with Crippen molar-refractivity contribution in [2.45, 2.75) is 0 Å². The van der Waals surface area contributed by atoms with Gasteiger partial charge in [-0.15, -0.1) is 0 Å². The average molecular weight is 360 g/mol.